The molecule has 0 spiro atoms. The molecule has 1 fully saturated rings. The molecule has 4 nitrogen and oxygen atoms in total. The summed E-state index contributed by atoms with van der Waals surface area (Å²) in [4.78, 5) is 17.9. The molecule has 2 rings (SSSR count). The van der Waals surface area contributed by atoms with E-state index in [-0.39, 0.29) is 36.1 Å². The van der Waals surface area contributed by atoms with Crippen LogP contribution in [-0.4, -0.2) is 24.0 Å². The predicted molar refractivity (Wildman–Crippen MR) is 102 cm³/mol. The van der Waals surface area contributed by atoms with Crippen LogP contribution in [0.25, 0.3) is 0 Å². The zero-order valence-corrected chi connectivity index (χ0v) is 16.5. The summed E-state index contributed by atoms with van der Waals surface area (Å²) in [7, 11) is 0. The molecule has 1 heterocycles. The summed E-state index contributed by atoms with van der Waals surface area (Å²) in [5.74, 6) is 0.154. The predicted octanol–water partition coefficient (Wildman–Crippen LogP) is 3.56. The lowest BCUT2D eigenvalue weighted by Crippen LogP contribution is -2.39. The number of halogens is 2. The molecule has 134 valence electrons. The normalized spacial score (nSPS) is 16.1. The number of nitrogens with one attached hydrogen (secondary N) is 1. The van der Waals surface area contributed by atoms with E-state index in [4.69, 9.17) is 5.73 Å². The third-order valence-electron chi connectivity index (χ3n) is 4.56. The number of carbonyl (C=O) groups excluding carboxylic acids is 1. The van der Waals surface area contributed by atoms with Gasteiger partial charge in [0.2, 0.25) is 5.91 Å². The van der Waals surface area contributed by atoms with Crippen LogP contribution < -0.4 is 11.1 Å². The van der Waals surface area contributed by atoms with Crippen LogP contribution in [0.2, 0.25) is 0 Å². The molecule has 3 N–H and O–H groups in total. The van der Waals surface area contributed by atoms with Crippen LogP contribution in [0.5, 0.6) is 0 Å². The summed E-state index contributed by atoms with van der Waals surface area (Å²) >= 11 is 1.72. The Labute approximate surface area is 155 Å². The number of carbonyl (C=O) groups is 1. The topological polar surface area (TPSA) is 68.0 Å². The van der Waals surface area contributed by atoms with E-state index in [0.29, 0.717) is 19.5 Å². The minimum atomic E-state index is 0. The third kappa shape index (κ3) is 6.57. The zero-order valence-electron chi connectivity index (χ0n) is 14.0. The molecule has 0 aromatic carbocycles. The van der Waals surface area contributed by atoms with Crippen molar-refractivity contribution in [2.24, 2.45) is 11.1 Å². The summed E-state index contributed by atoms with van der Waals surface area (Å²) in [6, 6.07) is 0. The highest BCUT2D eigenvalue weighted by Gasteiger charge is 2.32. The van der Waals surface area contributed by atoms with Gasteiger partial charge in [-0.3, -0.25) is 4.79 Å². The molecule has 0 atom stereocenters. The first kappa shape index (κ1) is 22.6. The molecule has 1 aliphatic rings. The number of hydrogen-bond acceptors (Lipinski definition) is 4. The first-order valence-electron chi connectivity index (χ1n) is 7.94. The fraction of sp³-hybridized carbons (Fsp3) is 0.750. The molecule has 1 aliphatic carbocycles. The molecular formula is C16H29Cl2N3OS. The molecule has 0 aliphatic heterocycles. The Morgan fingerprint density at radius 2 is 1.91 bits per heavy atom. The van der Waals surface area contributed by atoms with Crippen LogP contribution in [0, 0.1) is 19.3 Å². The van der Waals surface area contributed by atoms with Crippen molar-refractivity contribution < 1.29 is 4.79 Å². The molecule has 1 aromatic heterocycles. The molecule has 0 bridgehead atoms. The van der Waals surface area contributed by atoms with Gasteiger partial charge in [-0.05, 0) is 38.6 Å². The number of rotatable bonds is 6. The van der Waals surface area contributed by atoms with Gasteiger partial charge in [-0.2, -0.15) is 0 Å². The first-order chi connectivity index (χ1) is 10.0. The molecule has 1 amide bonds. The van der Waals surface area contributed by atoms with Crippen LogP contribution in [-0.2, 0) is 11.2 Å². The van der Waals surface area contributed by atoms with Crippen LogP contribution in [0.4, 0.5) is 0 Å². The zero-order chi connectivity index (χ0) is 15.3. The summed E-state index contributed by atoms with van der Waals surface area (Å²) in [6.07, 6.45) is 7.37. The second-order valence-electron chi connectivity index (χ2n) is 6.28. The number of thiazole rings is 1. The van der Waals surface area contributed by atoms with Gasteiger partial charge in [0, 0.05) is 24.3 Å². The summed E-state index contributed by atoms with van der Waals surface area (Å²) < 4.78 is 0. The number of amides is 1. The van der Waals surface area contributed by atoms with Gasteiger partial charge in [0.1, 0.15) is 0 Å². The average molecular weight is 382 g/mol. The van der Waals surface area contributed by atoms with E-state index in [2.05, 4.69) is 10.3 Å². The Bertz CT molecular complexity index is 488. The van der Waals surface area contributed by atoms with Gasteiger partial charge in [-0.1, -0.05) is 19.3 Å². The highest BCUT2D eigenvalue weighted by molar-refractivity contribution is 7.11. The highest BCUT2D eigenvalue weighted by atomic mass is 35.5. The second-order valence-corrected chi connectivity index (χ2v) is 7.57. The lowest BCUT2D eigenvalue weighted by Gasteiger charge is -2.35. The molecule has 1 aromatic rings. The van der Waals surface area contributed by atoms with Crippen molar-refractivity contribution in [2.45, 2.75) is 58.8 Å². The third-order valence-corrected chi connectivity index (χ3v) is 5.69. The number of hydrogen-bond donors (Lipinski definition) is 2. The van der Waals surface area contributed by atoms with Crippen molar-refractivity contribution in [1.29, 1.82) is 0 Å². The van der Waals surface area contributed by atoms with Crippen molar-refractivity contribution in [2.75, 3.05) is 13.1 Å². The maximum absolute atomic E-state index is 12.2. The Kier molecular flexibility index (Phi) is 10.3. The van der Waals surface area contributed by atoms with E-state index < -0.39 is 0 Å². The van der Waals surface area contributed by atoms with E-state index in [1.807, 2.05) is 13.8 Å². The van der Waals surface area contributed by atoms with Gasteiger partial charge in [0.05, 0.1) is 10.7 Å². The summed E-state index contributed by atoms with van der Waals surface area (Å²) in [6.45, 7) is 5.38. The first-order valence-corrected chi connectivity index (χ1v) is 8.76. The van der Waals surface area contributed by atoms with E-state index in [1.165, 1.54) is 24.1 Å². The van der Waals surface area contributed by atoms with Crippen LogP contribution in [0.3, 0.4) is 0 Å². The van der Waals surface area contributed by atoms with Gasteiger partial charge in [0.15, 0.2) is 0 Å². The smallest absolute Gasteiger partial charge is 0.220 e. The molecule has 7 heteroatoms. The molecular weight excluding hydrogens is 353 g/mol. The number of nitrogens with zero attached hydrogens (tertiary/aromatic N) is 1. The van der Waals surface area contributed by atoms with Crippen molar-refractivity contribution in [1.82, 2.24) is 10.3 Å². The Hall–Kier alpha value is -0.360. The van der Waals surface area contributed by atoms with E-state index in [1.54, 1.807) is 11.3 Å². The Morgan fingerprint density at radius 3 is 2.43 bits per heavy atom. The fourth-order valence-electron chi connectivity index (χ4n) is 3.28. The minimum absolute atomic E-state index is 0. The van der Waals surface area contributed by atoms with Crippen LogP contribution in [0.15, 0.2) is 0 Å². The van der Waals surface area contributed by atoms with Gasteiger partial charge in [-0.15, -0.1) is 36.2 Å². The van der Waals surface area contributed by atoms with E-state index in [0.717, 1.165) is 30.0 Å². The van der Waals surface area contributed by atoms with E-state index >= 15 is 0 Å². The van der Waals surface area contributed by atoms with Gasteiger partial charge in [-0.25, -0.2) is 4.98 Å². The van der Waals surface area contributed by atoms with Crippen molar-refractivity contribution >= 4 is 42.1 Å². The van der Waals surface area contributed by atoms with Crippen LogP contribution in [0.1, 0.15) is 54.1 Å². The second kappa shape index (κ2) is 10.5. The number of aryl methyl sites for hydroxylation is 2. The Balaban J connectivity index is 0.00000242. The van der Waals surface area contributed by atoms with Gasteiger partial charge < -0.3 is 11.1 Å². The quantitative estimate of drug-likeness (QED) is 0.791. The maximum atomic E-state index is 12.2. The van der Waals surface area contributed by atoms with Crippen LogP contribution >= 0.6 is 36.2 Å². The average Bonchev–Trinajstić information content (AvgIpc) is 2.78. The lowest BCUT2D eigenvalue weighted by atomic mass is 9.71. The number of aromatic nitrogens is 1. The minimum Gasteiger partial charge on any atom is -0.356 e. The molecule has 1 saturated carbocycles. The highest BCUT2D eigenvalue weighted by Crippen LogP contribution is 2.38. The fourth-order valence-corrected chi connectivity index (χ4v) is 4.22. The monoisotopic (exact) mass is 381 g/mol. The molecule has 0 unspecified atom stereocenters. The van der Waals surface area contributed by atoms with Gasteiger partial charge in [0.25, 0.3) is 0 Å². The van der Waals surface area contributed by atoms with Crippen molar-refractivity contribution in [3.05, 3.63) is 15.6 Å². The maximum Gasteiger partial charge on any atom is 0.220 e. The largest absolute Gasteiger partial charge is 0.356 e. The van der Waals surface area contributed by atoms with Crippen molar-refractivity contribution in [3.8, 4) is 0 Å². The van der Waals surface area contributed by atoms with E-state index in [9.17, 15) is 4.79 Å². The molecule has 0 radical (unpaired) electrons. The lowest BCUT2D eigenvalue weighted by molar-refractivity contribution is -0.123. The van der Waals surface area contributed by atoms with Gasteiger partial charge >= 0.3 is 0 Å². The van der Waals surface area contributed by atoms with Crippen molar-refractivity contribution in [3.63, 3.8) is 0 Å². The number of nitrogens with two attached hydrogens (primary N) is 1. The standard InChI is InChI=1S/C16H27N3OS.2ClH/c1-12-14(21-13(2)19-12)6-9-18-15(20)10-16(11-17)7-4-3-5-8-16;;/h3-11,17H2,1-2H3,(H,18,20);2*1H. The molecule has 23 heavy (non-hydrogen) atoms. The summed E-state index contributed by atoms with van der Waals surface area (Å²) in [5, 5.41) is 4.15. The SMILES string of the molecule is Cc1nc(C)c(CCNC(=O)CC2(CN)CCCCC2)s1.Cl.Cl. The Morgan fingerprint density at radius 1 is 1.26 bits per heavy atom. The molecule has 0 saturated heterocycles. The summed E-state index contributed by atoms with van der Waals surface area (Å²) in [5.41, 5.74) is 7.09.